The smallest absolute Gasteiger partial charge is 0.306 e. The normalized spacial score (nSPS) is 11.5. The number of carbonyl (C=O) groups excluding carboxylic acids is 1. The van der Waals surface area contributed by atoms with Gasteiger partial charge in [0.2, 0.25) is 0 Å². The molecule has 0 N–H and O–H groups in total. The van der Waals surface area contributed by atoms with Gasteiger partial charge in [-0.1, -0.05) is 118 Å². The van der Waals surface area contributed by atoms with Gasteiger partial charge in [-0.2, -0.15) is 0 Å². The van der Waals surface area contributed by atoms with E-state index in [1.807, 2.05) is 0 Å². The summed E-state index contributed by atoms with van der Waals surface area (Å²) < 4.78 is 5.55. The molecule has 0 radical (unpaired) electrons. The lowest BCUT2D eigenvalue weighted by molar-refractivity contribution is -0.145. The van der Waals surface area contributed by atoms with Crippen LogP contribution in [0.5, 0.6) is 0 Å². The SMILES string of the molecule is CCCCCCC(CCCCCC)CC(=O)OCCCCCCCCC(C)C. The Morgan fingerprint density at radius 3 is 1.64 bits per heavy atom. The number of hydrogen-bond donors (Lipinski definition) is 0. The molecule has 0 unspecified atom stereocenters. The Hall–Kier alpha value is -0.530. The largest absolute Gasteiger partial charge is 0.466 e. The molecule has 0 saturated carbocycles. The first-order chi connectivity index (χ1) is 13.6. The number of unbranched alkanes of at least 4 members (excludes halogenated alkanes) is 11. The first kappa shape index (κ1) is 27.5. The van der Waals surface area contributed by atoms with Gasteiger partial charge in [0.15, 0.2) is 0 Å². The average molecular weight is 397 g/mol. The molecule has 0 saturated heterocycles. The van der Waals surface area contributed by atoms with Crippen molar-refractivity contribution in [3.05, 3.63) is 0 Å². The van der Waals surface area contributed by atoms with Crippen molar-refractivity contribution < 1.29 is 9.53 Å². The second kappa shape index (κ2) is 21.2. The van der Waals surface area contributed by atoms with Gasteiger partial charge in [0.1, 0.15) is 0 Å². The fraction of sp³-hybridized carbons (Fsp3) is 0.962. The first-order valence-corrected chi connectivity index (χ1v) is 12.8. The van der Waals surface area contributed by atoms with Gasteiger partial charge in [-0.15, -0.1) is 0 Å². The third-order valence-electron chi connectivity index (χ3n) is 5.83. The summed E-state index contributed by atoms with van der Waals surface area (Å²) in [6.45, 7) is 9.74. The summed E-state index contributed by atoms with van der Waals surface area (Å²) in [6, 6.07) is 0. The zero-order valence-corrected chi connectivity index (χ0v) is 19.9. The Morgan fingerprint density at radius 2 is 1.11 bits per heavy atom. The molecule has 2 heteroatoms. The van der Waals surface area contributed by atoms with Crippen LogP contribution < -0.4 is 0 Å². The van der Waals surface area contributed by atoms with Gasteiger partial charge >= 0.3 is 5.97 Å². The molecular weight excluding hydrogens is 344 g/mol. The summed E-state index contributed by atoms with van der Waals surface area (Å²) >= 11 is 0. The third-order valence-corrected chi connectivity index (χ3v) is 5.83. The van der Waals surface area contributed by atoms with Gasteiger partial charge in [0.05, 0.1) is 6.61 Å². The predicted octanol–water partition coefficient (Wildman–Crippen LogP) is 8.86. The minimum atomic E-state index is 0.0490. The van der Waals surface area contributed by atoms with Gasteiger partial charge in [-0.3, -0.25) is 4.79 Å². The monoisotopic (exact) mass is 396 g/mol. The third kappa shape index (κ3) is 20.2. The van der Waals surface area contributed by atoms with E-state index in [1.165, 1.54) is 103 Å². The summed E-state index contributed by atoms with van der Waals surface area (Å²) in [6.07, 6.45) is 22.4. The quantitative estimate of drug-likeness (QED) is 0.143. The van der Waals surface area contributed by atoms with E-state index in [-0.39, 0.29) is 5.97 Å². The van der Waals surface area contributed by atoms with Crippen LogP contribution in [-0.2, 0) is 9.53 Å². The Morgan fingerprint density at radius 1 is 0.643 bits per heavy atom. The van der Waals surface area contributed by atoms with Crippen LogP contribution in [-0.4, -0.2) is 12.6 Å². The van der Waals surface area contributed by atoms with Crippen molar-refractivity contribution in [1.29, 1.82) is 0 Å². The van der Waals surface area contributed by atoms with Crippen molar-refractivity contribution in [2.75, 3.05) is 6.61 Å². The molecule has 0 rings (SSSR count). The van der Waals surface area contributed by atoms with Gasteiger partial charge in [0.25, 0.3) is 0 Å². The average Bonchev–Trinajstić information content (AvgIpc) is 2.66. The summed E-state index contributed by atoms with van der Waals surface area (Å²) in [7, 11) is 0. The Kier molecular flexibility index (Phi) is 20.8. The Labute approximate surface area is 177 Å². The minimum Gasteiger partial charge on any atom is -0.466 e. The maximum Gasteiger partial charge on any atom is 0.306 e. The number of rotatable bonds is 21. The fourth-order valence-electron chi connectivity index (χ4n) is 3.91. The molecule has 0 aliphatic heterocycles. The van der Waals surface area contributed by atoms with Crippen molar-refractivity contribution >= 4 is 5.97 Å². The second-order valence-electron chi connectivity index (χ2n) is 9.29. The van der Waals surface area contributed by atoms with Gasteiger partial charge in [-0.25, -0.2) is 0 Å². The van der Waals surface area contributed by atoms with E-state index in [1.54, 1.807) is 0 Å². The zero-order valence-electron chi connectivity index (χ0n) is 19.9. The van der Waals surface area contributed by atoms with Crippen molar-refractivity contribution in [3.63, 3.8) is 0 Å². The molecule has 0 bridgehead atoms. The minimum absolute atomic E-state index is 0.0490. The van der Waals surface area contributed by atoms with E-state index in [0.29, 0.717) is 18.9 Å². The van der Waals surface area contributed by atoms with E-state index in [4.69, 9.17) is 4.74 Å². The molecule has 0 aliphatic carbocycles. The lowest BCUT2D eigenvalue weighted by Crippen LogP contribution is -2.13. The van der Waals surface area contributed by atoms with Crippen LogP contribution in [0.1, 0.15) is 143 Å². The highest BCUT2D eigenvalue weighted by Crippen LogP contribution is 2.22. The van der Waals surface area contributed by atoms with E-state index < -0.39 is 0 Å². The summed E-state index contributed by atoms with van der Waals surface area (Å²) in [5, 5.41) is 0. The molecule has 0 aromatic carbocycles. The van der Waals surface area contributed by atoms with Gasteiger partial charge < -0.3 is 4.74 Å². The van der Waals surface area contributed by atoms with Crippen LogP contribution in [0.25, 0.3) is 0 Å². The number of ether oxygens (including phenoxy) is 1. The highest BCUT2D eigenvalue weighted by Gasteiger charge is 2.14. The molecule has 0 aromatic heterocycles. The number of esters is 1. The first-order valence-electron chi connectivity index (χ1n) is 12.8. The zero-order chi connectivity index (χ0) is 20.9. The fourth-order valence-corrected chi connectivity index (χ4v) is 3.91. The Bertz CT molecular complexity index is 312. The van der Waals surface area contributed by atoms with Crippen LogP contribution >= 0.6 is 0 Å². The van der Waals surface area contributed by atoms with Crippen molar-refractivity contribution in [2.45, 2.75) is 143 Å². The molecule has 0 spiro atoms. The van der Waals surface area contributed by atoms with Crippen molar-refractivity contribution in [1.82, 2.24) is 0 Å². The van der Waals surface area contributed by atoms with Gasteiger partial charge in [0, 0.05) is 6.42 Å². The predicted molar refractivity (Wildman–Crippen MR) is 124 cm³/mol. The van der Waals surface area contributed by atoms with Crippen LogP contribution in [0.3, 0.4) is 0 Å². The van der Waals surface area contributed by atoms with Crippen molar-refractivity contribution in [3.8, 4) is 0 Å². The molecular formula is C26H52O2. The second-order valence-corrected chi connectivity index (χ2v) is 9.29. The molecule has 0 heterocycles. The Balaban J connectivity index is 3.79. The van der Waals surface area contributed by atoms with Crippen molar-refractivity contribution in [2.24, 2.45) is 11.8 Å². The summed E-state index contributed by atoms with van der Waals surface area (Å²) in [5.74, 6) is 1.43. The number of hydrogen-bond acceptors (Lipinski definition) is 2. The molecule has 0 aliphatic rings. The summed E-state index contributed by atoms with van der Waals surface area (Å²) in [5.41, 5.74) is 0. The lowest BCUT2D eigenvalue weighted by atomic mass is 9.92. The molecule has 0 amide bonds. The number of carbonyl (C=O) groups is 1. The van der Waals surface area contributed by atoms with E-state index in [0.717, 1.165) is 12.3 Å². The van der Waals surface area contributed by atoms with Crippen LogP contribution in [0.4, 0.5) is 0 Å². The highest BCUT2D eigenvalue weighted by atomic mass is 16.5. The molecule has 168 valence electrons. The maximum atomic E-state index is 12.2. The molecule has 0 fully saturated rings. The standard InChI is InChI=1S/C26H52O2/c1-5-7-9-16-20-25(21-17-10-8-6-2)23-26(27)28-22-18-14-12-11-13-15-19-24(3)4/h24-25H,5-23H2,1-4H3. The van der Waals surface area contributed by atoms with E-state index >= 15 is 0 Å². The summed E-state index contributed by atoms with van der Waals surface area (Å²) in [4.78, 5) is 12.2. The molecule has 0 atom stereocenters. The van der Waals surface area contributed by atoms with Crippen LogP contribution in [0, 0.1) is 11.8 Å². The highest BCUT2D eigenvalue weighted by molar-refractivity contribution is 5.69. The molecule has 2 nitrogen and oxygen atoms in total. The van der Waals surface area contributed by atoms with Gasteiger partial charge in [-0.05, 0) is 31.1 Å². The lowest BCUT2D eigenvalue weighted by Gasteiger charge is -2.16. The molecule has 28 heavy (non-hydrogen) atoms. The van der Waals surface area contributed by atoms with Crippen LogP contribution in [0.15, 0.2) is 0 Å². The maximum absolute atomic E-state index is 12.2. The molecule has 0 aromatic rings. The van der Waals surface area contributed by atoms with E-state index in [2.05, 4.69) is 27.7 Å². The van der Waals surface area contributed by atoms with Crippen LogP contribution in [0.2, 0.25) is 0 Å². The topological polar surface area (TPSA) is 26.3 Å². The van der Waals surface area contributed by atoms with E-state index in [9.17, 15) is 4.79 Å².